The van der Waals surface area contributed by atoms with Crippen LogP contribution in [0, 0.1) is 6.92 Å². The first kappa shape index (κ1) is 12.4. The molecule has 98 valence electrons. The van der Waals surface area contributed by atoms with Crippen LogP contribution in [0.3, 0.4) is 0 Å². The minimum Gasteiger partial charge on any atom is -0.310 e. The molecule has 0 aliphatic heterocycles. The second-order valence-corrected chi connectivity index (χ2v) is 5.34. The zero-order valence-corrected chi connectivity index (χ0v) is 11.4. The zero-order chi connectivity index (χ0) is 13.1. The largest absolute Gasteiger partial charge is 0.310 e. The van der Waals surface area contributed by atoms with Gasteiger partial charge in [0.25, 0.3) is 0 Å². The van der Waals surface area contributed by atoms with Crippen LogP contribution >= 0.6 is 0 Å². The van der Waals surface area contributed by atoms with Crippen LogP contribution in [-0.4, -0.2) is 11.0 Å². The SMILES string of the molecule is Cc1ccc2cc(CNC3CC=CCC3)ccc2n1. The minimum atomic E-state index is 0.636. The molecular weight excluding hydrogens is 232 g/mol. The van der Waals surface area contributed by atoms with Gasteiger partial charge >= 0.3 is 0 Å². The standard InChI is InChI=1S/C17H20N2/c1-13-7-9-15-11-14(8-10-17(15)19-13)12-18-16-5-3-2-4-6-16/h2-3,7-11,16,18H,4-6,12H2,1H3. The highest BCUT2D eigenvalue weighted by molar-refractivity contribution is 5.79. The maximum atomic E-state index is 4.54. The highest BCUT2D eigenvalue weighted by Crippen LogP contribution is 2.16. The maximum absolute atomic E-state index is 4.54. The second kappa shape index (κ2) is 5.54. The smallest absolute Gasteiger partial charge is 0.0705 e. The molecule has 1 aliphatic rings. The molecule has 2 nitrogen and oxygen atoms in total. The van der Waals surface area contributed by atoms with E-state index in [0.717, 1.165) is 24.2 Å². The Kier molecular flexibility index (Phi) is 3.60. The van der Waals surface area contributed by atoms with Gasteiger partial charge in [0, 0.05) is 23.7 Å². The molecule has 3 rings (SSSR count). The van der Waals surface area contributed by atoms with Crippen molar-refractivity contribution in [2.45, 2.75) is 38.8 Å². The van der Waals surface area contributed by atoms with Gasteiger partial charge in [-0.15, -0.1) is 0 Å². The third-order valence-corrected chi connectivity index (χ3v) is 3.76. The molecule has 19 heavy (non-hydrogen) atoms. The molecule has 1 aliphatic carbocycles. The fourth-order valence-corrected chi connectivity index (χ4v) is 2.63. The van der Waals surface area contributed by atoms with Crippen molar-refractivity contribution in [2.75, 3.05) is 0 Å². The first-order valence-electron chi connectivity index (χ1n) is 7.06. The lowest BCUT2D eigenvalue weighted by Crippen LogP contribution is -2.29. The molecular formula is C17H20N2. The molecule has 1 heterocycles. The maximum Gasteiger partial charge on any atom is 0.0705 e. The zero-order valence-electron chi connectivity index (χ0n) is 11.4. The summed E-state index contributed by atoms with van der Waals surface area (Å²) in [4.78, 5) is 4.54. The van der Waals surface area contributed by atoms with Crippen LogP contribution in [0.2, 0.25) is 0 Å². The summed E-state index contributed by atoms with van der Waals surface area (Å²) in [5.74, 6) is 0. The fraction of sp³-hybridized carbons (Fsp3) is 0.353. The molecule has 0 bridgehead atoms. The molecule has 1 N–H and O–H groups in total. The minimum absolute atomic E-state index is 0.636. The Hall–Kier alpha value is -1.67. The number of nitrogens with zero attached hydrogens (tertiary/aromatic N) is 1. The fourth-order valence-electron chi connectivity index (χ4n) is 2.63. The van der Waals surface area contributed by atoms with Gasteiger partial charge in [-0.2, -0.15) is 0 Å². The van der Waals surface area contributed by atoms with E-state index in [-0.39, 0.29) is 0 Å². The molecule has 0 amide bonds. The molecule has 0 fully saturated rings. The number of fused-ring (bicyclic) bond motifs is 1. The number of aromatic nitrogens is 1. The third kappa shape index (κ3) is 3.02. The summed E-state index contributed by atoms with van der Waals surface area (Å²) in [5.41, 5.74) is 3.50. The molecule has 1 atom stereocenters. The monoisotopic (exact) mass is 252 g/mol. The molecule has 0 saturated heterocycles. The molecule has 1 aromatic heterocycles. The van der Waals surface area contributed by atoms with Crippen LogP contribution in [0.5, 0.6) is 0 Å². The van der Waals surface area contributed by atoms with Crippen molar-refractivity contribution in [1.82, 2.24) is 10.3 Å². The van der Waals surface area contributed by atoms with E-state index in [4.69, 9.17) is 0 Å². The van der Waals surface area contributed by atoms with E-state index in [2.05, 4.69) is 52.8 Å². The Morgan fingerprint density at radius 3 is 3.00 bits per heavy atom. The van der Waals surface area contributed by atoms with Crippen LogP contribution < -0.4 is 5.32 Å². The Morgan fingerprint density at radius 2 is 2.16 bits per heavy atom. The normalized spacial score (nSPS) is 18.9. The average molecular weight is 252 g/mol. The summed E-state index contributed by atoms with van der Waals surface area (Å²) in [5, 5.41) is 4.87. The van der Waals surface area contributed by atoms with Gasteiger partial charge in [-0.25, -0.2) is 0 Å². The number of benzene rings is 1. The number of allylic oxidation sites excluding steroid dienone is 1. The average Bonchev–Trinajstić information content (AvgIpc) is 2.46. The summed E-state index contributed by atoms with van der Waals surface area (Å²) < 4.78 is 0. The van der Waals surface area contributed by atoms with Gasteiger partial charge in [-0.3, -0.25) is 4.98 Å². The molecule has 1 aromatic carbocycles. The van der Waals surface area contributed by atoms with Crippen molar-refractivity contribution in [3.05, 3.63) is 53.7 Å². The summed E-state index contributed by atoms with van der Waals surface area (Å²) in [6.45, 7) is 2.98. The Balaban J connectivity index is 1.71. The van der Waals surface area contributed by atoms with E-state index in [1.165, 1.54) is 23.8 Å². The van der Waals surface area contributed by atoms with E-state index in [1.807, 2.05) is 6.92 Å². The van der Waals surface area contributed by atoms with Gasteiger partial charge in [0.2, 0.25) is 0 Å². The number of pyridine rings is 1. The first-order chi connectivity index (χ1) is 9.31. The lowest BCUT2D eigenvalue weighted by molar-refractivity contribution is 0.474. The Bertz CT molecular complexity index is 601. The number of rotatable bonds is 3. The predicted molar refractivity (Wildman–Crippen MR) is 80.1 cm³/mol. The van der Waals surface area contributed by atoms with Crippen molar-refractivity contribution in [3.63, 3.8) is 0 Å². The van der Waals surface area contributed by atoms with Crippen molar-refractivity contribution in [2.24, 2.45) is 0 Å². The highest BCUT2D eigenvalue weighted by atomic mass is 14.9. The van der Waals surface area contributed by atoms with E-state index < -0.39 is 0 Å². The quantitative estimate of drug-likeness (QED) is 0.842. The molecule has 0 spiro atoms. The topological polar surface area (TPSA) is 24.9 Å². The van der Waals surface area contributed by atoms with Crippen LogP contribution in [0.15, 0.2) is 42.5 Å². The van der Waals surface area contributed by atoms with E-state index in [1.54, 1.807) is 0 Å². The van der Waals surface area contributed by atoms with E-state index >= 15 is 0 Å². The number of hydrogen-bond acceptors (Lipinski definition) is 2. The number of nitrogens with one attached hydrogen (secondary N) is 1. The summed E-state index contributed by atoms with van der Waals surface area (Å²) in [7, 11) is 0. The van der Waals surface area contributed by atoms with Crippen LogP contribution in [0.25, 0.3) is 10.9 Å². The summed E-state index contributed by atoms with van der Waals surface area (Å²) >= 11 is 0. The van der Waals surface area contributed by atoms with Crippen molar-refractivity contribution < 1.29 is 0 Å². The van der Waals surface area contributed by atoms with Gasteiger partial charge in [0.15, 0.2) is 0 Å². The Morgan fingerprint density at radius 1 is 1.21 bits per heavy atom. The van der Waals surface area contributed by atoms with Gasteiger partial charge < -0.3 is 5.32 Å². The highest BCUT2D eigenvalue weighted by Gasteiger charge is 2.08. The molecule has 0 radical (unpaired) electrons. The van der Waals surface area contributed by atoms with E-state index in [0.29, 0.717) is 6.04 Å². The molecule has 1 unspecified atom stereocenters. The lowest BCUT2D eigenvalue weighted by Gasteiger charge is -2.19. The summed E-state index contributed by atoms with van der Waals surface area (Å²) in [6.07, 6.45) is 8.19. The van der Waals surface area contributed by atoms with Crippen LogP contribution in [0.4, 0.5) is 0 Å². The van der Waals surface area contributed by atoms with Gasteiger partial charge in [0.05, 0.1) is 5.52 Å². The lowest BCUT2D eigenvalue weighted by atomic mass is 10.0. The van der Waals surface area contributed by atoms with Crippen LogP contribution in [0.1, 0.15) is 30.5 Å². The van der Waals surface area contributed by atoms with E-state index in [9.17, 15) is 0 Å². The second-order valence-electron chi connectivity index (χ2n) is 5.34. The first-order valence-corrected chi connectivity index (χ1v) is 7.06. The van der Waals surface area contributed by atoms with Crippen molar-refractivity contribution >= 4 is 10.9 Å². The van der Waals surface area contributed by atoms with Crippen molar-refractivity contribution in [1.29, 1.82) is 0 Å². The molecule has 2 aromatic rings. The van der Waals surface area contributed by atoms with Crippen molar-refractivity contribution in [3.8, 4) is 0 Å². The van der Waals surface area contributed by atoms with Gasteiger partial charge in [-0.1, -0.05) is 24.3 Å². The molecule has 0 saturated carbocycles. The predicted octanol–water partition coefficient (Wildman–Crippen LogP) is 3.74. The molecule has 2 heteroatoms. The van der Waals surface area contributed by atoms with Gasteiger partial charge in [0.1, 0.15) is 0 Å². The van der Waals surface area contributed by atoms with Crippen LogP contribution in [-0.2, 0) is 6.54 Å². The number of aryl methyl sites for hydroxylation is 1. The van der Waals surface area contributed by atoms with Gasteiger partial charge in [-0.05, 0) is 49.9 Å². The summed E-state index contributed by atoms with van der Waals surface area (Å²) in [6, 6.07) is 11.4. The third-order valence-electron chi connectivity index (χ3n) is 3.76. The Labute approximate surface area is 114 Å². The number of hydrogen-bond donors (Lipinski definition) is 1.